The molecule has 8 heteroatoms. The van der Waals surface area contributed by atoms with Gasteiger partial charge in [0.15, 0.2) is 23.0 Å². The van der Waals surface area contributed by atoms with Crippen molar-refractivity contribution in [1.29, 1.82) is 0 Å². The standard InChI is InChI=1S/C59H77N3O4.C2H4O.C2H6/c1-11-20-44(31-48-22-17-16-21-45(48)14-4)36-60-54-34-58(56(63-9)29-41(54)7)65-38-51-25-19-26-52(62-51)39-66-59-35-55(53(33-57(59)64-10)42(8)47-23-18-24-47)61-37-50(40(6)12-2)32-49-28-27-43(13-3)30-46(49)15-5;1-2-3;1-2/h16-17,19,21-22,25-30,33-35,37,40,44,50,60H,11-15,18,20,23-24,31-32,36,38-39H2,1-10H3;2H,1H3;1-2H3. The van der Waals surface area contributed by atoms with Gasteiger partial charge >= 0.3 is 0 Å². The maximum absolute atomic E-state index is 8.81. The number of nitrogens with zero attached hydrogens (tertiary/aromatic N) is 2. The topological polar surface area (TPSA) is 91.3 Å². The molecule has 1 fully saturated rings. The average Bonchev–Trinajstić information content (AvgIpc) is 3.38. The quantitative estimate of drug-likeness (QED) is 0.0460. The number of nitrogens with one attached hydrogen (secondary N) is 1. The highest BCUT2D eigenvalue weighted by Gasteiger charge is 2.21. The molecule has 4 aromatic carbocycles. The molecule has 1 aliphatic rings. The van der Waals surface area contributed by atoms with Crippen LogP contribution in [0.3, 0.4) is 0 Å². The summed E-state index contributed by atoms with van der Waals surface area (Å²) in [5.41, 5.74) is 15.7. The van der Waals surface area contributed by atoms with Gasteiger partial charge in [-0.3, -0.25) is 9.98 Å². The van der Waals surface area contributed by atoms with E-state index >= 15 is 0 Å². The lowest BCUT2D eigenvalue weighted by Crippen LogP contribution is -2.18. The molecule has 8 nitrogen and oxygen atoms in total. The van der Waals surface area contributed by atoms with Crippen molar-refractivity contribution in [3.05, 3.63) is 141 Å². The van der Waals surface area contributed by atoms with Crippen molar-refractivity contribution in [2.75, 3.05) is 26.1 Å². The third-order valence-corrected chi connectivity index (χ3v) is 13.9. The Morgan fingerprint density at radius 2 is 1.37 bits per heavy atom. The zero-order valence-electron chi connectivity index (χ0n) is 45.8. The molecule has 0 radical (unpaired) electrons. The molecule has 71 heavy (non-hydrogen) atoms. The second kappa shape index (κ2) is 30.8. The zero-order chi connectivity index (χ0) is 51.7. The Hall–Kier alpha value is -5.89. The third kappa shape index (κ3) is 16.9. The summed E-state index contributed by atoms with van der Waals surface area (Å²) < 4.78 is 24.8. The van der Waals surface area contributed by atoms with Crippen molar-refractivity contribution in [2.24, 2.45) is 22.7 Å². The number of hydrogen-bond donors (Lipinski definition) is 1. The molecule has 0 saturated heterocycles. The van der Waals surface area contributed by atoms with Crippen LogP contribution >= 0.6 is 0 Å². The number of methoxy groups -OCH3 is 2. The number of benzene rings is 4. The molecule has 3 atom stereocenters. The summed E-state index contributed by atoms with van der Waals surface area (Å²) in [5.74, 6) is 3.99. The fourth-order valence-corrected chi connectivity index (χ4v) is 9.18. The molecule has 3 unspecified atom stereocenters. The number of hydrogen-bond acceptors (Lipinski definition) is 8. The van der Waals surface area contributed by atoms with E-state index in [1.165, 1.54) is 52.3 Å². The second-order valence-corrected chi connectivity index (χ2v) is 18.6. The van der Waals surface area contributed by atoms with E-state index in [0.717, 1.165) is 111 Å². The predicted octanol–water partition coefficient (Wildman–Crippen LogP) is 16.1. The maximum atomic E-state index is 8.81. The van der Waals surface area contributed by atoms with Gasteiger partial charge in [-0.15, -0.1) is 0 Å². The van der Waals surface area contributed by atoms with Crippen molar-refractivity contribution in [2.45, 2.75) is 160 Å². The van der Waals surface area contributed by atoms with Gasteiger partial charge in [0.25, 0.3) is 0 Å². The Morgan fingerprint density at radius 1 is 0.746 bits per heavy atom. The van der Waals surface area contributed by atoms with Gasteiger partial charge in [-0.05, 0) is 154 Å². The first-order chi connectivity index (χ1) is 34.5. The molecule has 0 aliphatic heterocycles. The molecule has 1 saturated carbocycles. The van der Waals surface area contributed by atoms with Crippen LogP contribution in [0.25, 0.3) is 5.57 Å². The molecule has 1 N–H and O–H groups in total. The summed E-state index contributed by atoms with van der Waals surface area (Å²) in [6.07, 6.45) is 15.0. The first-order valence-electron chi connectivity index (χ1n) is 26.7. The van der Waals surface area contributed by atoms with Gasteiger partial charge < -0.3 is 29.1 Å². The average molecular weight is 966 g/mol. The Morgan fingerprint density at radius 3 is 1.94 bits per heavy atom. The fraction of sp³-hybridized carbons (Fsp3) is 0.476. The monoisotopic (exact) mass is 966 g/mol. The van der Waals surface area contributed by atoms with E-state index in [-0.39, 0.29) is 19.1 Å². The second-order valence-electron chi connectivity index (χ2n) is 18.6. The van der Waals surface area contributed by atoms with E-state index in [0.29, 0.717) is 34.8 Å². The van der Waals surface area contributed by atoms with Crippen LogP contribution in [-0.2, 0) is 50.1 Å². The van der Waals surface area contributed by atoms with Crippen LogP contribution in [0.5, 0.6) is 23.0 Å². The molecule has 6 rings (SSSR count). The first-order valence-corrected chi connectivity index (χ1v) is 26.7. The van der Waals surface area contributed by atoms with E-state index in [1.54, 1.807) is 14.2 Å². The highest BCUT2D eigenvalue weighted by atomic mass is 16.5. The van der Waals surface area contributed by atoms with Crippen LogP contribution in [0, 0.1) is 24.7 Å². The van der Waals surface area contributed by atoms with Gasteiger partial charge in [0.2, 0.25) is 0 Å². The summed E-state index contributed by atoms with van der Waals surface area (Å²) in [6, 6.07) is 30.2. The van der Waals surface area contributed by atoms with Crippen LogP contribution in [0.15, 0.2) is 95.5 Å². The van der Waals surface area contributed by atoms with E-state index in [2.05, 4.69) is 134 Å². The van der Waals surface area contributed by atoms with E-state index in [9.17, 15) is 0 Å². The lowest BCUT2D eigenvalue weighted by molar-refractivity contribution is -0.106. The number of ether oxygens (including phenoxy) is 4. The van der Waals surface area contributed by atoms with E-state index in [4.69, 9.17) is 33.7 Å². The molecule has 384 valence electrons. The smallest absolute Gasteiger partial charge is 0.163 e. The first kappa shape index (κ1) is 57.7. The summed E-state index contributed by atoms with van der Waals surface area (Å²) in [4.78, 5) is 19.1. The zero-order valence-corrected chi connectivity index (χ0v) is 45.8. The summed E-state index contributed by atoms with van der Waals surface area (Å²) in [5, 5.41) is 3.77. The van der Waals surface area contributed by atoms with Crippen LogP contribution in [0.1, 0.15) is 158 Å². The molecular formula is C63H87N3O5. The summed E-state index contributed by atoms with van der Waals surface area (Å²) in [6.45, 7) is 24.9. The minimum atomic E-state index is 0.263. The maximum Gasteiger partial charge on any atom is 0.163 e. The molecule has 1 aliphatic carbocycles. The number of pyridine rings is 1. The van der Waals surface area contributed by atoms with Crippen LogP contribution in [0.2, 0.25) is 0 Å². The number of carbonyl (C=O) groups is 1. The molecule has 0 amide bonds. The number of allylic oxidation sites excluding steroid dienone is 2. The number of aldehydes is 1. The van der Waals surface area contributed by atoms with Crippen LogP contribution < -0.4 is 24.3 Å². The van der Waals surface area contributed by atoms with E-state index in [1.807, 2.05) is 32.0 Å². The number of aliphatic imine (C=N–C) groups is 1. The summed E-state index contributed by atoms with van der Waals surface area (Å²) in [7, 11) is 3.40. The van der Waals surface area contributed by atoms with Crippen molar-refractivity contribution >= 4 is 29.4 Å². The molecule has 0 bridgehead atoms. The largest absolute Gasteiger partial charge is 0.493 e. The highest BCUT2D eigenvalue weighted by molar-refractivity contribution is 5.81. The van der Waals surface area contributed by atoms with Gasteiger partial charge in [-0.1, -0.05) is 122 Å². The lowest BCUT2D eigenvalue weighted by atomic mass is 9.84. The van der Waals surface area contributed by atoms with Crippen molar-refractivity contribution < 1.29 is 23.7 Å². The number of anilines is 1. The van der Waals surface area contributed by atoms with Gasteiger partial charge in [-0.2, -0.15) is 0 Å². The van der Waals surface area contributed by atoms with Gasteiger partial charge in [0.05, 0.1) is 31.3 Å². The Balaban J connectivity index is 0.00000211. The van der Waals surface area contributed by atoms with Crippen molar-refractivity contribution in [3.63, 3.8) is 0 Å². The predicted molar refractivity (Wildman–Crippen MR) is 300 cm³/mol. The number of aryl methyl sites for hydroxylation is 4. The number of carbonyl (C=O) groups excluding carboxylic acids is 1. The van der Waals surface area contributed by atoms with Crippen LogP contribution in [0.4, 0.5) is 11.4 Å². The number of rotatable bonds is 25. The van der Waals surface area contributed by atoms with Crippen LogP contribution in [-0.4, -0.2) is 38.2 Å². The van der Waals surface area contributed by atoms with Gasteiger partial charge in [0, 0.05) is 42.1 Å². The minimum Gasteiger partial charge on any atom is -0.493 e. The lowest BCUT2D eigenvalue weighted by Gasteiger charge is -2.23. The minimum absolute atomic E-state index is 0.263. The molecule has 1 heterocycles. The Kier molecular flexibility index (Phi) is 25.0. The normalized spacial score (nSPS) is 13.1. The Bertz CT molecular complexity index is 2470. The van der Waals surface area contributed by atoms with Gasteiger partial charge in [0.1, 0.15) is 19.5 Å². The van der Waals surface area contributed by atoms with Gasteiger partial charge in [-0.25, -0.2) is 0 Å². The SMILES string of the molecule is CC.CC=O.CCCC(CNc1cc(OCc2cccc(COc3cc(N=CC(Cc4ccc(CC)cc4CC)C(C)CC)c(C(C)=C4CCC4)cc3OC)n2)c(OC)cc1C)Cc1ccccc1CC. The number of aromatic nitrogens is 1. The highest BCUT2D eigenvalue weighted by Crippen LogP contribution is 2.43. The van der Waals surface area contributed by atoms with Crippen molar-refractivity contribution in [3.8, 4) is 23.0 Å². The fourth-order valence-electron chi connectivity index (χ4n) is 9.18. The molecule has 0 spiro atoms. The third-order valence-electron chi connectivity index (χ3n) is 13.9. The molecule has 5 aromatic rings. The molecule has 1 aromatic heterocycles. The Labute approximate surface area is 429 Å². The van der Waals surface area contributed by atoms with E-state index < -0.39 is 0 Å². The van der Waals surface area contributed by atoms with Crippen molar-refractivity contribution in [1.82, 2.24) is 4.98 Å². The molecular weight excluding hydrogens is 879 g/mol. The summed E-state index contributed by atoms with van der Waals surface area (Å²) >= 11 is 0.